The van der Waals surface area contributed by atoms with Crippen molar-refractivity contribution >= 4 is 29.0 Å². The number of carboxylic acids is 1. The molecule has 0 aliphatic heterocycles. The van der Waals surface area contributed by atoms with Crippen LogP contribution in [0.25, 0.3) is 0 Å². The van der Waals surface area contributed by atoms with E-state index in [1.54, 1.807) is 37.3 Å². The molecule has 1 saturated carbocycles. The number of hydrogen-bond acceptors (Lipinski definition) is 4. The molecule has 34 heavy (non-hydrogen) atoms. The van der Waals surface area contributed by atoms with Crippen molar-refractivity contribution in [2.45, 2.75) is 65.0 Å². The van der Waals surface area contributed by atoms with Gasteiger partial charge in [0, 0.05) is 17.3 Å². The van der Waals surface area contributed by atoms with Crippen LogP contribution in [0.5, 0.6) is 0 Å². The van der Waals surface area contributed by atoms with Crippen LogP contribution in [-0.4, -0.2) is 34.3 Å². The van der Waals surface area contributed by atoms with Gasteiger partial charge in [0.25, 0.3) is 5.91 Å². The van der Waals surface area contributed by atoms with Gasteiger partial charge in [-0.1, -0.05) is 50.2 Å². The lowest BCUT2D eigenvalue weighted by atomic mass is 9.72. The van der Waals surface area contributed by atoms with Crippen molar-refractivity contribution in [2.24, 2.45) is 17.8 Å². The highest BCUT2D eigenvalue weighted by Crippen LogP contribution is 2.38. The topological polar surface area (TPSA) is 86.7 Å². The summed E-state index contributed by atoms with van der Waals surface area (Å²) in [5, 5.41) is 13.5. The van der Waals surface area contributed by atoms with Crippen LogP contribution in [0.3, 0.4) is 0 Å². The molecule has 1 amide bonds. The van der Waals surface area contributed by atoms with Gasteiger partial charge in [0.1, 0.15) is 6.04 Å². The van der Waals surface area contributed by atoms with Crippen LogP contribution in [0.2, 0.25) is 0 Å². The van der Waals surface area contributed by atoms with E-state index in [0.29, 0.717) is 30.4 Å². The normalized spacial score (nSPS) is 20.7. The second-order valence-corrected chi connectivity index (χ2v) is 9.84. The minimum Gasteiger partial charge on any atom is -0.479 e. The van der Waals surface area contributed by atoms with Crippen molar-refractivity contribution < 1.29 is 19.5 Å². The molecule has 0 saturated heterocycles. The fraction of sp³-hybridized carbons (Fsp3) is 0.464. The van der Waals surface area contributed by atoms with Crippen LogP contribution in [0.15, 0.2) is 60.7 Å². The summed E-state index contributed by atoms with van der Waals surface area (Å²) in [7, 11) is 0. The van der Waals surface area contributed by atoms with Gasteiger partial charge in [-0.05, 0) is 75.6 Å². The Morgan fingerprint density at radius 3 is 1.94 bits per heavy atom. The summed E-state index contributed by atoms with van der Waals surface area (Å²) in [6, 6.07) is 17.2. The first kappa shape index (κ1) is 25.5. The van der Waals surface area contributed by atoms with Gasteiger partial charge in [-0.3, -0.25) is 14.5 Å². The van der Waals surface area contributed by atoms with Crippen LogP contribution < -0.4 is 10.2 Å². The second-order valence-electron chi connectivity index (χ2n) is 9.84. The molecule has 2 atom stereocenters. The molecule has 1 fully saturated rings. The average Bonchev–Trinajstić information content (AvgIpc) is 2.84. The van der Waals surface area contributed by atoms with Gasteiger partial charge in [-0.25, -0.2) is 4.79 Å². The van der Waals surface area contributed by atoms with E-state index in [4.69, 9.17) is 0 Å². The molecule has 2 aromatic rings. The molecule has 2 N–H and O–H groups in total. The van der Waals surface area contributed by atoms with Gasteiger partial charge < -0.3 is 10.4 Å². The number of amides is 1. The molecule has 1 aliphatic carbocycles. The summed E-state index contributed by atoms with van der Waals surface area (Å²) in [6.07, 6.45) is 3.10. The number of anilines is 2. The van der Waals surface area contributed by atoms with Crippen LogP contribution >= 0.6 is 0 Å². The Kier molecular flexibility index (Phi) is 8.13. The number of carbonyl (C=O) groups excluding carboxylic acids is 2. The van der Waals surface area contributed by atoms with Gasteiger partial charge in [0.05, 0.1) is 0 Å². The number of ketones is 1. The van der Waals surface area contributed by atoms with Gasteiger partial charge in [0.2, 0.25) is 5.54 Å². The Morgan fingerprint density at radius 1 is 0.912 bits per heavy atom. The highest BCUT2D eigenvalue weighted by molar-refractivity contribution is 6.18. The maximum Gasteiger partial charge on any atom is 0.337 e. The lowest BCUT2D eigenvalue weighted by molar-refractivity contribution is -0.151. The first-order valence-corrected chi connectivity index (χ1v) is 12.1. The smallest absolute Gasteiger partial charge is 0.337 e. The first-order valence-electron chi connectivity index (χ1n) is 12.1. The zero-order valence-electron chi connectivity index (χ0n) is 20.5. The van der Waals surface area contributed by atoms with Gasteiger partial charge in [-0.2, -0.15) is 0 Å². The summed E-state index contributed by atoms with van der Waals surface area (Å²) < 4.78 is 0. The molecule has 0 aromatic heterocycles. The van der Waals surface area contributed by atoms with E-state index < -0.39 is 29.2 Å². The van der Waals surface area contributed by atoms with E-state index >= 15 is 0 Å². The SMILES string of the molecule is CC(Nc1ccccc1)C(=O)N(c1ccccc1)C(C)(C(=O)O)C(=O)C1CCC(C(C)C)CC1. The van der Waals surface area contributed by atoms with E-state index in [-0.39, 0.29) is 5.92 Å². The molecule has 6 heteroatoms. The number of benzene rings is 2. The Hall–Kier alpha value is -3.15. The van der Waals surface area contributed by atoms with Crippen molar-refractivity contribution in [2.75, 3.05) is 10.2 Å². The fourth-order valence-electron chi connectivity index (χ4n) is 4.98. The highest BCUT2D eigenvalue weighted by atomic mass is 16.4. The predicted octanol–water partition coefficient (Wildman–Crippen LogP) is 5.40. The largest absolute Gasteiger partial charge is 0.479 e. The van der Waals surface area contributed by atoms with Gasteiger partial charge in [-0.15, -0.1) is 0 Å². The number of para-hydroxylation sites is 2. The number of carbonyl (C=O) groups is 3. The molecule has 0 spiro atoms. The Labute approximate surface area is 202 Å². The summed E-state index contributed by atoms with van der Waals surface area (Å²) >= 11 is 0. The van der Waals surface area contributed by atoms with Crippen molar-refractivity contribution in [1.82, 2.24) is 0 Å². The molecule has 0 bridgehead atoms. The van der Waals surface area contributed by atoms with Crippen molar-refractivity contribution in [1.29, 1.82) is 0 Å². The van der Waals surface area contributed by atoms with E-state index in [0.717, 1.165) is 18.5 Å². The van der Waals surface area contributed by atoms with Crippen LogP contribution in [-0.2, 0) is 14.4 Å². The Bertz CT molecular complexity index is 984. The van der Waals surface area contributed by atoms with Crippen LogP contribution in [0.1, 0.15) is 53.4 Å². The molecule has 182 valence electrons. The molecule has 6 nitrogen and oxygen atoms in total. The average molecular weight is 465 g/mol. The quantitative estimate of drug-likeness (QED) is 0.486. The third-order valence-electron chi connectivity index (χ3n) is 7.19. The van der Waals surface area contributed by atoms with Crippen molar-refractivity contribution in [3.05, 3.63) is 60.7 Å². The second kappa shape index (κ2) is 10.9. The molecular formula is C28H36N2O4. The van der Waals surface area contributed by atoms with E-state index in [9.17, 15) is 19.5 Å². The summed E-state index contributed by atoms with van der Waals surface area (Å²) in [5.41, 5.74) is -0.879. The number of carboxylic acid groups (broad SMARTS) is 1. The number of aliphatic carboxylic acids is 1. The maximum atomic E-state index is 13.8. The minimum absolute atomic E-state index is 0.382. The highest BCUT2D eigenvalue weighted by Gasteiger charge is 2.53. The van der Waals surface area contributed by atoms with Crippen molar-refractivity contribution in [3.63, 3.8) is 0 Å². The van der Waals surface area contributed by atoms with Gasteiger partial charge >= 0.3 is 5.97 Å². The number of rotatable bonds is 9. The predicted molar refractivity (Wildman–Crippen MR) is 135 cm³/mol. The zero-order chi connectivity index (χ0) is 24.9. The van der Waals surface area contributed by atoms with Crippen molar-refractivity contribution in [3.8, 4) is 0 Å². The van der Waals surface area contributed by atoms with E-state index in [1.165, 1.54) is 11.8 Å². The molecule has 1 aliphatic rings. The molecule has 2 aromatic carbocycles. The first-order chi connectivity index (χ1) is 16.2. The third-order valence-corrected chi connectivity index (χ3v) is 7.19. The van der Waals surface area contributed by atoms with Gasteiger partial charge in [0.15, 0.2) is 5.78 Å². The molecule has 2 unspecified atom stereocenters. The lowest BCUT2D eigenvalue weighted by Crippen LogP contribution is -2.64. The number of hydrogen-bond donors (Lipinski definition) is 2. The summed E-state index contributed by atoms with van der Waals surface area (Å²) in [4.78, 5) is 41.5. The summed E-state index contributed by atoms with van der Waals surface area (Å²) in [5.74, 6) is -1.48. The molecule has 0 heterocycles. The van der Waals surface area contributed by atoms with Crippen LogP contribution in [0.4, 0.5) is 11.4 Å². The van der Waals surface area contributed by atoms with E-state index in [1.807, 2.05) is 30.3 Å². The maximum absolute atomic E-state index is 13.8. The van der Waals surface area contributed by atoms with E-state index in [2.05, 4.69) is 19.2 Å². The van der Waals surface area contributed by atoms with Crippen LogP contribution in [0, 0.1) is 17.8 Å². The number of Topliss-reactive ketones (excluding diaryl/α,β-unsaturated/α-hetero) is 1. The summed E-state index contributed by atoms with van der Waals surface area (Å²) in [6.45, 7) is 7.44. The number of nitrogens with zero attached hydrogens (tertiary/aromatic N) is 1. The standard InChI is InChI=1S/C28H36N2O4/c1-19(2)21-15-17-22(18-16-21)25(31)28(4,27(33)34)30(24-13-9-6-10-14-24)26(32)20(3)29-23-11-7-5-8-12-23/h5-14,19-22,29H,15-18H2,1-4H3,(H,33,34). The third kappa shape index (κ3) is 5.32. The monoisotopic (exact) mass is 464 g/mol. The Morgan fingerprint density at radius 2 is 1.44 bits per heavy atom. The molecule has 0 radical (unpaired) electrons. The molecule has 3 rings (SSSR count). The Balaban J connectivity index is 1.95. The molecular weight excluding hydrogens is 428 g/mol. The number of nitrogens with one attached hydrogen (secondary N) is 1. The lowest BCUT2D eigenvalue weighted by Gasteiger charge is -2.41. The fourth-order valence-corrected chi connectivity index (χ4v) is 4.98. The zero-order valence-corrected chi connectivity index (χ0v) is 20.5. The minimum atomic E-state index is -2.01.